The molecule has 1 heterocycles. The molecule has 1 rings (SSSR count). The van der Waals surface area contributed by atoms with E-state index in [0.29, 0.717) is 9.63 Å². The van der Waals surface area contributed by atoms with Gasteiger partial charge in [0.1, 0.15) is 5.15 Å². The van der Waals surface area contributed by atoms with Crippen LogP contribution in [0.15, 0.2) is 4.47 Å². The molecule has 0 aliphatic heterocycles. The van der Waals surface area contributed by atoms with Gasteiger partial charge in [-0.15, -0.1) is 0 Å². The molecule has 1 aromatic rings. The summed E-state index contributed by atoms with van der Waals surface area (Å²) in [7, 11) is 0. The molecule has 0 N–H and O–H groups in total. The molecule has 0 aliphatic rings. The Bertz CT molecular complexity index is 241. The third kappa shape index (κ3) is 1.59. The summed E-state index contributed by atoms with van der Waals surface area (Å²) in [6.07, 6.45) is 0. The first-order chi connectivity index (χ1) is 4.61. The van der Waals surface area contributed by atoms with Crippen LogP contribution in [0.25, 0.3) is 0 Å². The minimum Gasteiger partial charge on any atom is -0.222 e. The highest BCUT2D eigenvalue weighted by molar-refractivity contribution is 9.10. The molecule has 10 heavy (non-hydrogen) atoms. The van der Waals surface area contributed by atoms with Crippen LogP contribution < -0.4 is 0 Å². The highest BCUT2D eigenvalue weighted by Crippen LogP contribution is 2.23. The summed E-state index contributed by atoms with van der Waals surface area (Å²) in [6, 6.07) is 0. The second-order valence-electron chi connectivity index (χ2n) is 1.68. The van der Waals surface area contributed by atoms with Crippen molar-refractivity contribution in [2.45, 2.75) is 6.92 Å². The predicted molar refractivity (Wildman–Crippen MR) is 44.5 cm³/mol. The van der Waals surface area contributed by atoms with E-state index in [1.807, 2.05) is 0 Å². The van der Waals surface area contributed by atoms with Gasteiger partial charge in [0.2, 0.25) is 5.28 Å². The Labute approximate surface area is 76.7 Å². The summed E-state index contributed by atoms with van der Waals surface area (Å²) >= 11 is 14.3. The second kappa shape index (κ2) is 3.03. The Kier molecular flexibility index (Phi) is 2.50. The predicted octanol–water partition coefficient (Wildman–Crippen LogP) is 2.85. The summed E-state index contributed by atoms with van der Waals surface area (Å²) in [6.45, 7) is 1.80. The lowest BCUT2D eigenvalue weighted by Gasteiger charge is -1.97. The zero-order valence-electron chi connectivity index (χ0n) is 5.03. The molecule has 0 aromatic carbocycles. The zero-order chi connectivity index (χ0) is 7.72. The summed E-state index contributed by atoms with van der Waals surface area (Å²) in [5, 5.41) is 0.517. The molecule has 0 radical (unpaired) electrons. The average molecular weight is 242 g/mol. The standard InChI is InChI=1S/C5H3BrCl2N2/c1-2-3(6)4(7)10-5(8)9-2/h1H3. The monoisotopic (exact) mass is 240 g/mol. The van der Waals surface area contributed by atoms with Crippen LogP contribution in [0.4, 0.5) is 0 Å². The molecule has 0 saturated carbocycles. The number of aromatic nitrogens is 2. The number of rotatable bonds is 0. The van der Waals surface area contributed by atoms with Crippen molar-refractivity contribution in [3.8, 4) is 0 Å². The van der Waals surface area contributed by atoms with E-state index in [2.05, 4.69) is 25.9 Å². The smallest absolute Gasteiger partial charge is 0.222 e. The molecular weight excluding hydrogens is 239 g/mol. The molecule has 0 saturated heterocycles. The Morgan fingerprint density at radius 1 is 1.30 bits per heavy atom. The van der Waals surface area contributed by atoms with Gasteiger partial charge in [0.05, 0.1) is 10.2 Å². The molecule has 54 valence electrons. The van der Waals surface area contributed by atoms with Gasteiger partial charge in [-0.3, -0.25) is 0 Å². The zero-order valence-corrected chi connectivity index (χ0v) is 8.13. The van der Waals surface area contributed by atoms with Crippen LogP contribution in [0.3, 0.4) is 0 Å². The molecule has 5 heteroatoms. The second-order valence-corrected chi connectivity index (χ2v) is 3.17. The van der Waals surface area contributed by atoms with Crippen LogP contribution in [0.1, 0.15) is 5.69 Å². The van der Waals surface area contributed by atoms with Gasteiger partial charge in [-0.05, 0) is 34.5 Å². The molecule has 2 nitrogen and oxygen atoms in total. The Morgan fingerprint density at radius 2 is 1.90 bits per heavy atom. The van der Waals surface area contributed by atoms with Gasteiger partial charge in [-0.2, -0.15) is 0 Å². The van der Waals surface area contributed by atoms with Crippen molar-refractivity contribution in [3.63, 3.8) is 0 Å². The quantitative estimate of drug-likeness (QED) is 0.516. The Balaban J connectivity index is 3.31. The van der Waals surface area contributed by atoms with Gasteiger partial charge >= 0.3 is 0 Å². The molecule has 0 aliphatic carbocycles. The maximum absolute atomic E-state index is 5.64. The molecule has 0 bridgehead atoms. The van der Waals surface area contributed by atoms with Gasteiger partial charge in [-0.1, -0.05) is 11.6 Å². The van der Waals surface area contributed by atoms with E-state index in [1.165, 1.54) is 0 Å². The van der Waals surface area contributed by atoms with Crippen LogP contribution in [-0.4, -0.2) is 9.97 Å². The van der Waals surface area contributed by atoms with E-state index >= 15 is 0 Å². The van der Waals surface area contributed by atoms with Crippen molar-refractivity contribution >= 4 is 39.1 Å². The largest absolute Gasteiger partial charge is 0.224 e. The van der Waals surface area contributed by atoms with Gasteiger partial charge in [0.15, 0.2) is 0 Å². The normalized spacial score (nSPS) is 10.0. The van der Waals surface area contributed by atoms with Gasteiger partial charge in [0, 0.05) is 0 Å². The van der Waals surface area contributed by atoms with Crippen molar-refractivity contribution in [2.24, 2.45) is 0 Å². The molecular formula is C5H3BrCl2N2. The fourth-order valence-electron chi connectivity index (χ4n) is 0.492. The first-order valence-electron chi connectivity index (χ1n) is 2.46. The molecule has 0 unspecified atom stereocenters. The van der Waals surface area contributed by atoms with E-state index in [9.17, 15) is 0 Å². The highest BCUT2D eigenvalue weighted by atomic mass is 79.9. The highest BCUT2D eigenvalue weighted by Gasteiger charge is 2.04. The average Bonchev–Trinajstić information content (AvgIpc) is 1.82. The van der Waals surface area contributed by atoms with E-state index in [-0.39, 0.29) is 5.28 Å². The lowest BCUT2D eigenvalue weighted by Crippen LogP contribution is -1.88. The van der Waals surface area contributed by atoms with Gasteiger partial charge in [0.25, 0.3) is 0 Å². The van der Waals surface area contributed by atoms with E-state index in [1.54, 1.807) is 6.92 Å². The van der Waals surface area contributed by atoms with Crippen LogP contribution in [0, 0.1) is 6.92 Å². The van der Waals surface area contributed by atoms with Crippen molar-refractivity contribution in [3.05, 3.63) is 20.6 Å². The molecule has 0 amide bonds. The number of nitrogens with zero attached hydrogens (tertiary/aromatic N) is 2. The minimum atomic E-state index is 0.172. The van der Waals surface area contributed by atoms with Crippen molar-refractivity contribution in [2.75, 3.05) is 0 Å². The fourth-order valence-corrected chi connectivity index (χ4v) is 1.14. The molecule has 0 fully saturated rings. The Hall–Kier alpha value is 0.140. The third-order valence-electron chi connectivity index (χ3n) is 0.949. The van der Waals surface area contributed by atoms with Gasteiger partial charge in [-0.25, -0.2) is 9.97 Å². The van der Waals surface area contributed by atoms with Crippen molar-refractivity contribution in [1.82, 2.24) is 9.97 Å². The van der Waals surface area contributed by atoms with Crippen molar-refractivity contribution < 1.29 is 0 Å². The summed E-state index contributed by atoms with van der Waals surface area (Å²) in [5.74, 6) is 0. The molecule has 0 spiro atoms. The maximum Gasteiger partial charge on any atom is 0.224 e. The van der Waals surface area contributed by atoms with Crippen molar-refractivity contribution in [1.29, 1.82) is 0 Å². The topological polar surface area (TPSA) is 25.8 Å². The van der Waals surface area contributed by atoms with E-state index in [0.717, 1.165) is 5.69 Å². The fraction of sp³-hybridized carbons (Fsp3) is 0.200. The summed E-state index contributed by atoms with van der Waals surface area (Å²) < 4.78 is 0.693. The number of hydrogen-bond donors (Lipinski definition) is 0. The molecule has 1 aromatic heterocycles. The summed E-state index contributed by atoms with van der Waals surface area (Å²) in [4.78, 5) is 7.56. The lowest BCUT2D eigenvalue weighted by atomic mass is 10.5. The lowest BCUT2D eigenvalue weighted by molar-refractivity contribution is 1.08. The van der Waals surface area contributed by atoms with E-state index < -0.39 is 0 Å². The first kappa shape index (κ1) is 8.24. The molecule has 0 atom stereocenters. The van der Waals surface area contributed by atoms with Crippen LogP contribution in [0.2, 0.25) is 10.4 Å². The van der Waals surface area contributed by atoms with Crippen LogP contribution in [-0.2, 0) is 0 Å². The first-order valence-corrected chi connectivity index (χ1v) is 4.01. The maximum atomic E-state index is 5.64. The number of halogens is 3. The minimum absolute atomic E-state index is 0.172. The number of aryl methyl sites for hydroxylation is 1. The van der Waals surface area contributed by atoms with Crippen LogP contribution in [0.5, 0.6) is 0 Å². The van der Waals surface area contributed by atoms with E-state index in [4.69, 9.17) is 23.2 Å². The SMILES string of the molecule is Cc1nc(Cl)nc(Cl)c1Br. The van der Waals surface area contributed by atoms with Gasteiger partial charge < -0.3 is 0 Å². The number of hydrogen-bond acceptors (Lipinski definition) is 2. The van der Waals surface area contributed by atoms with Crippen LogP contribution >= 0.6 is 39.1 Å². The Morgan fingerprint density at radius 3 is 2.40 bits per heavy atom. The summed E-state index contributed by atoms with van der Waals surface area (Å²) in [5.41, 5.74) is 0.741. The third-order valence-corrected chi connectivity index (χ3v) is 2.57.